The summed E-state index contributed by atoms with van der Waals surface area (Å²) in [6.45, 7) is 12.1. The summed E-state index contributed by atoms with van der Waals surface area (Å²) in [5.41, 5.74) is 12.6. The van der Waals surface area contributed by atoms with E-state index in [0.717, 1.165) is 6.92 Å². The number of aromatic hydroxyl groups is 1. The van der Waals surface area contributed by atoms with Crippen molar-refractivity contribution < 1.29 is 107 Å². The second-order valence-electron chi connectivity index (χ2n) is 31.7. The van der Waals surface area contributed by atoms with E-state index >= 15 is 0 Å². The van der Waals surface area contributed by atoms with Crippen molar-refractivity contribution in [3.8, 4) is 5.75 Å². The number of aromatic amines is 1. The molecule has 40 nitrogen and oxygen atoms in total. The third kappa shape index (κ3) is 29.6. The number of amides is 15. The second kappa shape index (κ2) is 46.9. The van der Waals surface area contributed by atoms with Gasteiger partial charge in [-0.05, 0) is 119 Å². The summed E-state index contributed by atoms with van der Waals surface area (Å²) in [5.74, 6) is -18.2. The summed E-state index contributed by atoms with van der Waals surface area (Å²) in [7, 11) is 0. The topological polar surface area (TPSA) is 614 Å². The van der Waals surface area contributed by atoms with Crippen LogP contribution in [0.2, 0.25) is 0 Å². The number of carboxylic acid groups (broad SMARTS) is 2. The maximum atomic E-state index is 14.5. The van der Waals surface area contributed by atoms with Crippen LogP contribution in [0.4, 0.5) is 0 Å². The molecule has 0 saturated carbocycles. The van der Waals surface area contributed by atoms with E-state index in [-0.39, 0.29) is 106 Å². The van der Waals surface area contributed by atoms with Gasteiger partial charge in [0.2, 0.25) is 88.6 Å². The van der Waals surface area contributed by atoms with Crippen molar-refractivity contribution in [1.82, 2.24) is 83.2 Å². The molecule has 0 spiro atoms. The van der Waals surface area contributed by atoms with Crippen LogP contribution < -0.4 is 70.0 Å². The number of benzene rings is 2. The van der Waals surface area contributed by atoms with E-state index in [4.69, 9.17) is 11.5 Å². The number of aliphatic hydroxyl groups is 2. The smallest absolute Gasteiger partial charge is 0.326 e. The van der Waals surface area contributed by atoms with Gasteiger partial charge in [-0.15, -0.1) is 0 Å². The van der Waals surface area contributed by atoms with Gasteiger partial charge in [0.1, 0.15) is 90.3 Å². The number of carboxylic acids is 2. The standard InChI is InChI=1S/C79H116N18O22S/c1-40(2)29-50(65(104)84-43(7)76(115)95-26-12-17-59(95)73(112)89-54(34-47-36-82-39-83-47)69(108)91-56(79(118)119)33-45-15-10-9-11-16-45)90-75(114)64(44(8)99)94-70(109)55(35-63(102)103)87-68(107)53(32-46-20-22-48(100)23-21-46)86-72(111)58(38-120)93-71(110)57(37-98)92-67(106)51(30-41(3)4)85-66(105)52(31-42(5)6)88-74(113)60-18-13-27-96(60)78(117)61-19-14-28-97(61)77(116)49(80)24-25-62(81)101/h9-11,15-16,20-23,36,39-44,49-61,64,98-100,120H,12-14,17-19,24-35,37-38,80H2,1-8H3,(H2,81,101)(H,82,83)(H,84,104)(H,85,105)(H,86,111)(H,87,107)(H,88,113)(H,89,112)(H,90,114)(H,91,108)(H,92,106)(H,93,110)(H,94,109)(H,102,103)(H,118,119)/t43-,44+,49-,50-,51-,52-,53-,54-,55-,56-,57-,58-,59-,60-,61-,64-/m0/s1. The summed E-state index contributed by atoms with van der Waals surface area (Å²) < 4.78 is 0. The van der Waals surface area contributed by atoms with Gasteiger partial charge in [0.05, 0.1) is 37.2 Å². The van der Waals surface area contributed by atoms with Crippen molar-refractivity contribution in [3.63, 3.8) is 0 Å². The second-order valence-corrected chi connectivity index (χ2v) is 32.1. The van der Waals surface area contributed by atoms with E-state index < -0.39 is 222 Å². The van der Waals surface area contributed by atoms with Crippen LogP contribution in [0.5, 0.6) is 5.75 Å². The molecular formula is C79H116N18O22S. The van der Waals surface area contributed by atoms with Crippen LogP contribution in [-0.4, -0.2) is 279 Å². The zero-order chi connectivity index (χ0) is 88.9. The van der Waals surface area contributed by atoms with Gasteiger partial charge in [-0.1, -0.05) is 84.0 Å². The van der Waals surface area contributed by atoms with Crippen molar-refractivity contribution in [3.05, 3.63) is 83.9 Å². The van der Waals surface area contributed by atoms with Gasteiger partial charge in [-0.2, -0.15) is 12.6 Å². The Bertz CT molecular complexity index is 4080. The molecule has 16 atom stereocenters. The normalized spacial score (nSPS) is 18.4. The van der Waals surface area contributed by atoms with E-state index in [1.165, 1.54) is 58.4 Å². The number of thiol groups is 1. The number of hydrogen-bond donors (Lipinski definition) is 20. The zero-order valence-electron chi connectivity index (χ0n) is 68.5. The van der Waals surface area contributed by atoms with Crippen molar-refractivity contribution in [2.75, 3.05) is 32.0 Å². The summed E-state index contributed by atoms with van der Waals surface area (Å²) in [4.78, 5) is 245. The Kier molecular flexibility index (Phi) is 38.1. The number of rotatable bonds is 46. The Hall–Kier alpha value is -11.3. The fourth-order valence-corrected chi connectivity index (χ4v) is 14.5. The molecule has 6 rings (SSSR count). The number of phenolic OH excluding ortho intramolecular Hbond substituents is 1. The molecule has 41 heteroatoms. The molecule has 0 aliphatic carbocycles. The molecule has 3 saturated heterocycles. The summed E-state index contributed by atoms with van der Waals surface area (Å²) in [6.07, 6.45) is 0.682. The van der Waals surface area contributed by atoms with E-state index in [9.17, 15) is 107 Å². The maximum Gasteiger partial charge on any atom is 0.326 e. The Balaban J connectivity index is 1.10. The largest absolute Gasteiger partial charge is 0.508 e. The van der Waals surface area contributed by atoms with E-state index in [2.05, 4.69) is 81.1 Å². The average molecular weight is 1700 g/mol. The van der Waals surface area contributed by atoms with E-state index in [1.54, 1.807) is 71.9 Å². The quantitative estimate of drug-likeness (QED) is 0.0240. The molecule has 2 aromatic carbocycles. The third-order valence-corrected chi connectivity index (χ3v) is 20.8. The number of imidazole rings is 1. The number of H-pyrrole nitrogens is 1. The van der Waals surface area contributed by atoms with Crippen LogP contribution in [0.25, 0.3) is 0 Å². The van der Waals surface area contributed by atoms with Crippen LogP contribution in [0.3, 0.4) is 0 Å². The predicted octanol–water partition coefficient (Wildman–Crippen LogP) is -3.94. The number of likely N-dealkylation sites (tertiary alicyclic amines) is 3. The summed E-state index contributed by atoms with van der Waals surface area (Å²) in [5, 5.41) is 79.2. The minimum absolute atomic E-state index is 0.0284. The summed E-state index contributed by atoms with van der Waals surface area (Å²) in [6, 6.07) is -8.27. The fraction of sp³-hybridized carbons (Fsp3) is 0.595. The first-order valence-corrected chi connectivity index (χ1v) is 40.8. The van der Waals surface area contributed by atoms with Gasteiger partial charge >= 0.3 is 11.9 Å². The molecule has 15 amide bonds. The molecule has 3 aromatic rings. The number of carbonyl (C=O) groups is 17. The molecule has 3 aliphatic rings. The highest BCUT2D eigenvalue weighted by molar-refractivity contribution is 7.80. The monoisotopic (exact) mass is 1700 g/mol. The highest BCUT2D eigenvalue weighted by Crippen LogP contribution is 2.27. The van der Waals surface area contributed by atoms with E-state index in [0.29, 0.717) is 36.9 Å². The van der Waals surface area contributed by atoms with Crippen molar-refractivity contribution in [2.24, 2.45) is 29.2 Å². The van der Waals surface area contributed by atoms with Gasteiger partial charge in [0.15, 0.2) is 0 Å². The molecule has 4 heterocycles. The molecule has 0 radical (unpaired) electrons. The van der Waals surface area contributed by atoms with Crippen LogP contribution in [0.15, 0.2) is 67.1 Å². The Morgan fingerprint density at radius 1 is 0.500 bits per heavy atom. The SMILES string of the molecule is CC(C)C[C@H](NC(=O)[C@H](CC(C)C)NC(=O)[C@@H]1CCCN1C(=O)[C@@H]1CCCN1C(=O)[C@@H](N)CCC(N)=O)C(=O)N[C@@H](CO)C(=O)N[C@@H](CS)C(=O)N[C@@H](Cc1ccc(O)cc1)C(=O)N[C@@H](CC(=O)O)C(=O)N[C@H](C(=O)N[C@@H](CC(C)C)C(=O)N[C@@H](C)C(=O)N1CCC[C@H]1C(=O)N[C@@H](Cc1c[nH]cn1)C(=O)N[C@@H](Cc1ccccc1)C(=O)O)[C@@H](C)O. The molecule has 21 N–H and O–H groups in total. The lowest BCUT2D eigenvalue weighted by atomic mass is 9.99. The van der Waals surface area contributed by atoms with Crippen LogP contribution in [0.1, 0.15) is 149 Å². The first kappa shape index (κ1) is 97.5. The predicted molar refractivity (Wildman–Crippen MR) is 433 cm³/mol. The molecule has 0 unspecified atom stereocenters. The van der Waals surface area contributed by atoms with E-state index in [1.807, 2.05) is 0 Å². The maximum absolute atomic E-state index is 14.5. The number of hydrogen-bond acceptors (Lipinski definition) is 23. The molecule has 660 valence electrons. The zero-order valence-corrected chi connectivity index (χ0v) is 69.4. The van der Waals surface area contributed by atoms with Crippen LogP contribution in [0, 0.1) is 17.8 Å². The number of nitrogens with two attached hydrogens (primary N) is 2. The molecule has 3 aliphatic heterocycles. The molecule has 120 heavy (non-hydrogen) atoms. The number of aliphatic carboxylic acids is 2. The molecule has 1 aromatic heterocycles. The van der Waals surface area contributed by atoms with Crippen molar-refractivity contribution in [1.29, 1.82) is 0 Å². The van der Waals surface area contributed by atoms with Gasteiger partial charge in [0.25, 0.3) is 0 Å². The first-order chi connectivity index (χ1) is 56.7. The number of aromatic nitrogens is 2. The lowest BCUT2D eigenvalue weighted by Crippen LogP contribution is -2.62. The number of nitrogens with one attached hydrogen (secondary N) is 12. The molecular weight excluding hydrogens is 1590 g/mol. The highest BCUT2D eigenvalue weighted by atomic mass is 32.1. The van der Waals surface area contributed by atoms with Crippen LogP contribution in [-0.2, 0) is 101 Å². The summed E-state index contributed by atoms with van der Waals surface area (Å²) >= 11 is 4.25. The molecule has 3 fully saturated rings. The number of primary amides is 1. The van der Waals surface area contributed by atoms with Gasteiger partial charge in [-0.25, -0.2) is 9.78 Å². The van der Waals surface area contributed by atoms with Crippen LogP contribution >= 0.6 is 12.6 Å². The fourth-order valence-electron chi connectivity index (χ4n) is 14.3. The minimum atomic E-state index is -2.10. The first-order valence-electron chi connectivity index (χ1n) is 40.1. The lowest BCUT2D eigenvalue weighted by Gasteiger charge is -2.33. The van der Waals surface area contributed by atoms with Gasteiger partial charge in [0, 0.05) is 57.3 Å². The Morgan fingerprint density at radius 2 is 0.925 bits per heavy atom. The minimum Gasteiger partial charge on any atom is -0.508 e. The van der Waals surface area contributed by atoms with Crippen molar-refractivity contribution in [2.45, 2.75) is 248 Å². The highest BCUT2D eigenvalue weighted by Gasteiger charge is 2.46. The average Bonchev–Trinajstić information content (AvgIpc) is 1.65. The number of nitrogens with zero attached hydrogens (tertiary/aromatic N) is 4. The Morgan fingerprint density at radius 3 is 1.44 bits per heavy atom. The lowest BCUT2D eigenvalue weighted by molar-refractivity contribution is -0.147. The number of aliphatic hydroxyl groups excluding tert-OH is 2. The Labute approximate surface area is 699 Å². The van der Waals surface area contributed by atoms with Crippen molar-refractivity contribution >= 4 is 113 Å². The number of phenols is 1. The third-order valence-electron chi connectivity index (χ3n) is 20.5. The number of carbonyl (C=O) groups excluding carboxylic acids is 15. The van der Waals surface area contributed by atoms with Gasteiger partial charge in [-0.3, -0.25) is 76.7 Å². The van der Waals surface area contributed by atoms with Gasteiger partial charge < -0.3 is 115 Å². The molecule has 0 bridgehead atoms.